The van der Waals surface area contributed by atoms with Crippen molar-refractivity contribution in [3.63, 3.8) is 0 Å². The zero-order valence-electron chi connectivity index (χ0n) is 6.92. The van der Waals surface area contributed by atoms with E-state index in [0.29, 0.717) is 4.73 Å². The van der Waals surface area contributed by atoms with Crippen LogP contribution >= 0.6 is 31.9 Å². The van der Waals surface area contributed by atoms with Gasteiger partial charge in [0.2, 0.25) is 0 Å². The fourth-order valence-corrected chi connectivity index (χ4v) is 2.34. The van der Waals surface area contributed by atoms with Crippen molar-refractivity contribution in [2.45, 2.75) is 0 Å². The number of aromatic nitrogens is 2. The molecule has 0 bridgehead atoms. The van der Waals surface area contributed by atoms with Crippen LogP contribution in [0.2, 0.25) is 0 Å². The minimum absolute atomic E-state index is 0.249. The molecule has 1 aromatic heterocycles. The summed E-state index contributed by atoms with van der Waals surface area (Å²) in [7, 11) is 0. The Balaban J connectivity index is 2.54. The maximum atomic E-state index is 12.7. The van der Waals surface area contributed by atoms with E-state index in [1.165, 1.54) is 12.1 Å². The first-order valence-corrected chi connectivity index (χ1v) is 5.42. The van der Waals surface area contributed by atoms with Crippen LogP contribution in [0.1, 0.15) is 0 Å². The van der Waals surface area contributed by atoms with E-state index in [4.69, 9.17) is 0 Å². The van der Waals surface area contributed by atoms with Gasteiger partial charge in [-0.3, -0.25) is 4.57 Å². The highest BCUT2D eigenvalue weighted by Gasteiger charge is 2.06. The summed E-state index contributed by atoms with van der Waals surface area (Å²) in [6.45, 7) is 0. The van der Waals surface area contributed by atoms with Crippen LogP contribution in [-0.4, -0.2) is 9.55 Å². The van der Waals surface area contributed by atoms with Crippen LogP contribution in [0.15, 0.2) is 39.8 Å². The third-order valence-electron chi connectivity index (χ3n) is 1.76. The molecule has 0 aliphatic carbocycles. The molecule has 0 N–H and O–H groups in total. The molecule has 0 atom stereocenters. The van der Waals surface area contributed by atoms with Crippen molar-refractivity contribution in [2.24, 2.45) is 0 Å². The van der Waals surface area contributed by atoms with Crippen LogP contribution in [-0.2, 0) is 0 Å². The molecule has 72 valence electrons. The van der Waals surface area contributed by atoms with E-state index in [-0.39, 0.29) is 5.82 Å². The van der Waals surface area contributed by atoms with Gasteiger partial charge in [-0.15, -0.1) is 0 Å². The Morgan fingerprint density at radius 3 is 2.29 bits per heavy atom. The molecule has 2 rings (SSSR count). The van der Waals surface area contributed by atoms with Gasteiger partial charge in [0.25, 0.3) is 0 Å². The maximum Gasteiger partial charge on any atom is 0.182 e. The molecule has 0 saturated carbocycles. The molecule has 0 amide bonds. The second kappa shape index (κ2) is 3.82. The Hall–Kier alpha value is -0.680. The topological polar surface area (TPSA) is 17.8 Å². The Morgan fingerprint density at radius 2 is 1.79 bits per heavy atom. The van der Waals surface area contributed by atoms with E-state index < -0.39 is 0 Å². The number of hydrogen-bond donors (Lipinski definition) is 0. The Morgan fingerprint density at radius 1 is 1.14 bits per heavy atom. The van der Waals surface area contributed by atoms with Crippen LogP contribution in [0.4, 0.5) is 4.39 Å². The Labute approximate surface area is 97.0 Å². The highest BCUT2D eigenvalue weighted by Crippen LogP contribution is 2.22. The molecule has 0 aliphatic rings. The zero-order valence-corrected chi connectivity index (χ0v) is 10.1. The van der Waals surface area contributed by atoms with Gasteiger partial charge in [-0.1, -0.05) is 0 Å². The van der Waals surface area contributed by atoms with Crippen LogP contribution < -0.4 is 0 Å². The van der Waals surface area contributed by atoms with Gasteiger partial charge < -0.3 is 0 Å². The molecular weight excluding hydrogens is 315 g/mol. The summed E-state index contributed by atoms with van der Waals surface area (Å²) >= 11 is 6.65. The van der Waals surface area contributed by atoms with Gasteiger partial charge >= 0.3 is 0 Å². The third-order valence-corrected chi connectivity index (χ3v) is 2.88. The van der Waals surface area contributed by atoms with Crippen molar-refractivity contribution >= 4 is 31.9 Å². The first-order valence-electron chi connectivity index (χ1n) is 3.83. The summed E-state index contributed by atoms with van der Waals surface area (Å²) < 4.78 is 16.0. The van der Waals surface area contributed by atoms with Crippen LogP contribution in [0.25, 0.3) is 5.69 Å². The number of hydrogen-bond acceptors (Lipinski definition) is 1. The highest BCUT2D eigenvalue weighted by molar-refractivity contribution is 9.11. The predicted molar refractivity (Wildman–Crippen MR) is 58.9 cm³/mol. The Kier molecular flexibility index (Phi) is 2.69. The number of imidazole rings is 1. The molecular formula is C9H5Br2FN2. The molecule has 0 fully saturated rings. The Bertz CT molecular complexity index is 431. The minimum Gasteiger partial charge on any atom is -0.281 e. The lowest BCUT2D eigenvalue weighted by Crippen LogP contribution is -1.94. The third kappa shape index (κ3) is 1.74. The number of nitrogens with zero attached hydrogens (tertiary/aromatic N) is 2. The van der Waals surface area contributed by atoms with Gasteiger partial charge in [0.15, 0.2) is 4.73 Å². The molecule has 1 heterocycles. The summed E-state index contributed by atoms with van der Waals surface area (Å²) in [5.41, 5.74) is 0.850. The van der Waals surface area contributed by atoms with E-state index >= 15 is 0 Å². The van der Waals surface area contributed by atoms with E-state index in [9.17, 15) is 4.39 Å². The van der Waals surface area contributed by atoms with Crippen LogP contribution in [0, 0.1) is 5.82 Å². The van der Waals surface area contributed by atoms with Crippen molar-refractivity contribution < 1.29 is 4.39 Å². The van der Waals surface area contributed by atoms with Crippen LogP contribution in [0.5, 0.6) is 0 Å². The van der Waals surface area contributed by atoms with Crippen molar-refractivity contribution in [1.29, 1.82) is 0 Å². The molecule has 0 spiro atoms. The van der Waals surface area contributed by atoms with Gasteiger partial charge in [-0.2, -0.15) is 0 Å². The summed E-state index contributed by atoms with van der Waals surface area (Å²) in [5, 5.41) is 0. The lowest BCUT2D eigenvalue weighted by Gasteiger charge is -2.04. The second-order valence-corrected chi connectivity index (χ2v) is 4.18. The van der Waals surface area contributed by atoms with Gasteiger partial charge in [-0.25, -0.2) is 9.37 Å². The quantitative estimate of drug-likeness (QED) is 0.786. The molecule has 5 heteroatoms. The standard InChI is InChI=1S/C9H5Br2FN2/c10-8-5-13-9(11)14(8)7-3-1-6(12)2-4-7/h1-5H. The van der Waals surface area contributed by atoms with Crippen molar-refractivity contribution in [3.8, 4) is 5.69 Å². The lowest BCUT2D eigenvalue weighted by molar-refractivity contribution is 0.627. The molecule has 0 aliphatic heterocycles. The molecule has 0 radical (unpaired) electrons. The highest BCUT2D eigenvalue weighted by atomic mass is 79.9. The summed E-state index contributed by atoms with van der Waals surface area (Å²) in [6, 6.07) is 6.20. The molecule has 0 saturated heterocycles. The molecule has 2 nitrogen and oxygen atoms in total. The number of halogens is 3. The summed E-state index contributed by atoms with van der Waals surface area (Å²) in [6.07, 6.45) is 1.67. The van der Waals surface area contributed by atoms with Gasteiger partial charge in [-0.05, 0) is 56.1 Å². The molecule has 2 aromatic rings. The first-order chi connectivity index (χ1) is 6.68. The van der Waals surface area contributed by atoms with Crippen LogP contribution in [0.3, 0.4) is 0 Å². The average molecular weight is 320 g/mol. The molecule has 14 heavy (non-hydrogen) atoms. The summed E-state index contributed by atoms with van der Waals surface area (Å²) in [4.78, 5) is 4.05. The van der Waals surface area contributed by atoms with E-state index in [0.717, 1.165) is 10.3 Å². The van der Waals surface area contributed by atoms with Crippen molar-refractivity contribution in [3.05, 3.63) is 45.6 Å². The van der Waals surface area contributed by atoms with E-state index in [1.807, 2.05) is 4.57 Å². The van der Waals surface area contributed by atoms with Gasteiger partial charge in [0.05, 0.1) is 6.20 Å². The van der Waals surface area contributed by atoms with E-state index in [1.54, 1.807) is 18.3 Å². The monoisotopic (exact) mass is 318 g/mol. The SMILES string of the molecule is Fc1ccc(-n2c(Br)cnc2Br)cc1. The van der Waals surface area contributed by atoms with Crippen molar-refractivity contribution in [1.82, 2.24) is 9.55 Å². The maximum absolute atomic E-state index is 12.7. The second-order valence-electron chi connectivity index (χ2n) is 2.66. The van der Waals surface area contributed by atoms with Crippen molar-refractivity contribution in [2.75, 3.05) is 0 Å². The predicted octanol–water partition coefficient (Wildman–Crippen LogP) is 3.54. The fraction of sp³-hybridized carbons (Fsp3) is 0. The first kappa shape index (κ1) is 9.86. The normalized spacial score (nSPS) is 10.5. The molecule has 1 aromatic carbocycles. The zero-order chi connectivity index (χ0) is 10.1. The summed E-state index contributed by atoms with van der Waals surface area (Å²) in [5.74, 6) is -0.249. The minimum atomic E-state index is -0.249. The lowest BCUT2D eigenvalue weighted by atomic mass is 10.3. The fourth-order valence-electron chi connectivity index (χ4n) is 1.13. The number of benzene rings is 1. The molecule has 0 unspecified atom stereocenters. The average Bonchev–Trinajstić information content (AvgIpc) is 2.49. The number of rotatable bonds is 1. The smallest absolute Gasteiger partial charge is 0.182 e. The van der Waals surface area contributed by atoms with E-state index in [2.05, 4.69) is 36.8 Å². The van der Waals surface area contributed by atoms with Gasteiger partial charge in [0.1, 0.15) is 10.4 Å². The van der Waals surface area contributed by atoms with Gasteiger partial charge in [0, 0.05) is 5.69 Å². The largest absolute Gasteiger partial charge is 0.281 e.